The highest BCUT2D eigenvalue weighted by Crippen LogP contribution is 2.10. The van der Waals surface area contributed by atoms with Crippen LogP contribution in [-0.4, -0.2) is 46.5 Å². The molecule has 2 heterocycles. The van der Waals surface area contributed by atoms with Crippen LogP contribution in [0.3, 0.4) is 0 Å². The summed E-state index contributed by atoms with van der Waals surface area (Å²) in [6, 6.07) is 6.22. The van der Waals surface area contributed by atoms with Crippen molar-refractivity contribution in [3.05, 3.63) is 23.8 Å². The van der Waals surface area contributed by atoms with Gasteiger partial charge in [-0.05, 0) is 63.1 Å². The molecule has 0 saturated carbocycles. The van der Waals surface area contributed by atoms with Gasteiger partial charge in [0, 0.05) is 6.54 Å². The van der Waals surface area contributed by atoms with E-state index in [4.69, 9.17) is 0 Å². The predicted octanol–water partition coefficient (Wildman–Crippen LogP) is 1.92. The maximum absolute atomic E-state index is 4.11. The molecule has 108 valence electrons. The number of rotatable bonds is 6. The Hall–Kier alpha value is -1.46. The van der Waals surface area contributed by atoms with E-state index in [9.17, 15) is 0 Å². The summed E-state index contributed by atoms with van der Waals surface area (Å²) in [6.45, 7) is 5.80. The summed E-state index contributed by atoms with van der Waals surface area (Å²) in [5.41, 5.74) is 3.14. The van der Waals surface area contributed by atoms with Crippen LogP contribution in [0.5, 0.6) is 0 Å². The second kappa shape index (κ2) is 6.81. The van der Waals surface area contributed by atoms with Gasteiger partial charge in [-0.1, -0.05) is 12.5 Å². The van der Waals surface area contributed by atoms with Crippen LogP contribution in [0.4, 0.5) is 0 Å². The topological polar surface area (TPSA) is 56.8 Å². The van der Waals surface area contributed by atoms with Crippen molar-refractivity contribution in [3.8, 4) is 0 Å². The molecule has 0 atom stereocenters. The van der Waals surface area contributed by atoms with Crippen LogP contribution >= 0.6 is 0 Å². The lowest BCUT2D eigenvalue weighted by Crippen LogP contribution is -2.32. The Kier molecular flexibility index (Phi) is 4.61. The maximum atomic E-state index is 4.11. The van der Waals surface area contributed by atoms with Crippen molar-refractivity contribution in [2.75, 3.05) is 26.2 Å². The second-order valence-corrected chi connectivity index (χ2v) is 5.58. The van der Waals surface area contributed by atoms with Crippen LogP contribution in [0.1, 0.15) is 31.2 Å². The molecule has 2 N–H and O–H groups in total. The van der Waals surface area contributed by atoms with Gasteiger partial charge in [0.2, 0.25) is 0 Å². The first kappa shape index (κ1) is 13.5. The number of aromatic nitrogens is 3. The minimum absolute atomic E-state index is 0.906. The molecule has 0 amide bonds. The van der Waals surface area contributed by atoms with Gasteiger partial charge in [-0.2, -0.15) is 15.4 Å². The summed E-state index contributed by atoms with van der Waals surface area (Å²) in [5, 5.41) is 14.3. The highest BCUT2D eigenvalue weighted by atomic mass is 15.3. The summed E-state index contributed by atoms with van der Waals surface area (Å²) < 4.78 is 0. The first-order valence-electron chi connectivity index (χ1n) is 7.64. The van der Waals surface area contributed by atoms with Gasteiger partial charge in [0.1, 0.15) is 11.0 Å². The Balaban J connectivity index is 1.36. The van der Waals surface area contributed by atoms with E-state index < -0.39 is 0 Å². The third-order valence-electron chi connectivity index (χ3n) is 3.99. The van der Waals surface area contributed by atoms with Crippen LogP contribution < -0.4 is 5.32 Å². The van der Waals surface area contributed by atoms with Gasteiger partial charge < -0.3 is 10.2 Å². The van der Waals surface area contributed by atoms with Crippen LogP contribution in [-0.2, 0) is 6.54 Å². The van der Waals surface area contributed by atoms with Crippen LogP contribution in [0.2, 0.25) is 0 Å². The van der Waals surface area contributed by atoms with Crippen LogP contribution in [0, 0.1) is 0 Å². The molecule has 0 aliphatic carbocycles. The Morgan fingerprint density at radius 2 is 1.95 bits per heavy atom. The summed E-state index contributed by atoms with van der Waals surface area (Å²) >= 11 is 0. The standard InChI is InChI=1S/C15H23N5/c1-2-8-20(9-3-1)10-4-7-16-12-13-5-6-14-15(11-13)18-19-17-14/h5-6,11,16H,1-4,7-10,12H2,(H,17,18,19). The van der Waals surface area contributed by atoms with Gasteiger partial charge in [-0.15, -0.1) is 0 Å². The van der Waals surface area contributed by atoms with E-state index >= 15 is 0 Å². The third-order valence-corrected chi connectivity index (χ3v) is 3.99. The highest BCUT2D eigenvalue weighted by molar-refractivity contribution is 5.74. The first-order chi connectivity index (χ1) is 9.92. The molecule has 1 aromatic carbocycles. The quantitative estimate of drug-likeness (QED) is 0.790. The fourth-order valence-corrected chi connectivity index (χ4v) is 2.84. The number of nitrogens with one attached hydrogen (secondary N) is 2. The van der Waals surface area contributed by atoms with Crippen molar-refractivity contribution in [3.63, 3.8) is 0 Å². The number of hydrogen-bond acceptors (Lipinski definition) is 4. The van der Waals surface area contributed by atoms with Crippen LogP contribution in [0.25, 0.3) is 11.0 Å². The van der Waals surface area contributed by atoms with Crippen molar-refractivity contribution in [1.29, 1.82) is 0 Å². The largest absolute Gasteiger partial charge is 0.313 e. The number of hydrogen-bond donors (Lipinski definition) is 2. The average Bonchev–Trinajstić information content (AvgIpc) is 2.95. The number of aromatic amines is 1. The van der Waals surface area contributed by atoms with Gasteiger partial charge >= 0.3 is 0 Å². The normalized spacial score (nSPS) is 16.8. The first-order valence-corrected chi connectivity index (χ1v) is 7.64. The van der Waals surface area contributed by atoms with E-state index in [1.54, 1.807) is 0 Å². The Labute approximate surface area is 119 Å². The smallest absolute Gasteiger partial charge is 0.113 e. The summed E-state index contributed by atoms with van der Waals surface area (Å²) in [4.78, 5) is 2.59. The van der Waals surface area contributed by atoms with Crippen molar-refractivity contribution < 1.29 is 0 Å². The SMILES string of the molecule is c1cc2n[nH]nc2cc1CNCCCN1CCCCC1. The molecule has 1 aliphatic heterocycles. The van der Waals surface area contributed by atoms with E-state index in [1.165, 1.54) is 50.9 Å². The summed E-state index contributed by atoms with van der Waals surface area (Å²) in [6.07, 6.45) is 5.40. The number of nitrogens with zero attached hydrogens (tertiary/aromatic N) is 3. The van der Waals surface area contributed by atoms with Gasteiger partial charge in [-0.3, -0.25) is 0 Å². The molecule has 5 heteroatoms. The molecule has 0 unspecified atom stereocenters. The van der Waals surface area contributed by atoms with E-state index in [0.29, 0.717) is 0 Å². The molecule has 1 fully saturated rings. The summed E-state index contributed by atoms with van der Waals surface area (Å²) in [7, 11) is 0. The maximum Gasteiger partial charge on any atom is 0.113 e. The molecule has 0 bridgehead atoms. The molecule has 3 rings (SSSR count). The second-order valence-electron chi connectivity index (χ2n) is 5.58. The number of benzene rings is 1. The molecular weight excluding hydrogens is 250 g/mol. The molecule has 0 spiro atoms. The van der Waals surface area contributed by atoms with E-state index in [-0.39, 0.29) is 0 Å². The monoisotopic (exact) mass is 273 g/mol. The minimum Gasteiger partial charge on any atom is -0.313 e. The van der Waals surface area contributed by atoms with Gasteiger partial charge in [-0.25, -0.2) is 0 Å². The number of piperidine rings is 1. The van der Waals surface area contributed by atoms with Gasteiger partial charge in [0.25, 0.3) is 0 Å². The number of fused-ring (bicyclic) bond motifs is 1. The summed E-state index contributed by atoms with van der Waals surface area (Å²) in [5.74, 6) is 0. The predicted molar refractivity (Wildman–Crippen MR) is 80.5 cm³/mol. The molecule has 2 aromatic rings. The zero-order valence-electron chi connectivity index (χ0n) is 11.9. The average molecular weight is 273 g/mol. The Morgan fingerprint density at radius 1 is 1.10 bits per heavy atom. The van der Waals surface area contributed by atoms with Crippen LogP contribution in [0.15, 0.2) is 18.2 Å². The lowest BCUT2D eigenvalue weighted by molar-refractivity contribution is 0.225. The molecule has 20 heavy (non-hydrogen) atoms. The lowest BCUT2D eigenvalue weighted by atomic mass is 10.1. The number of H-pyrrole nitrogens is 1. The Morgan fingerprint density at radius 3 is 2.85 bits per heavy atom. The van der Waals surface area contributed by atoms with Crippen molar-refractivity contribution in [1.82, 2.24) is 25.6 Å². The molecule has 0 radical (unpaired) electrons. The highest BCUT2D eigenvalue weighted by Gasteiger charge is 2.08. The lowest BCUT2D eigenvalue weighted by Gasteiger charge is -2.26. The third kappa shape index (κ3) is 3.55. The van der Waals surface area contributed by atoms with E-state index in [1.807, 2.05) is 6.07 Å². The zero-order valence-corrected chi connectivity index (χ0v) is 11.9. The van der Waals surface area contributed by atoms with Crippen molar-refractivity contribution in [2.45, 2.75) is 32.2 Å². The van der Waals surface area contributed by atoms with E-state index in [0.717, 1.165) is 24.1 Å². The van der Waals surface area contributed by atoms with Gasteiger partial charge in [0.05, 0.1) is 0 Å². The molecule has 1 aromatic heterocycles. The Bertz CT molecular complexity index is 530. The van der Waals surface area contributed by atoms with Crippen molar-refractivity contribution >= 4 is 11.0 Å². The minimum atomic E-state index is 0.906. The zero-order chi connectivity index (χ0) is 13.6. The molecular formula is C15H23N5. The molecule has 1 aliphatic rings. The fourth-order valence-electron chi connectivity index (χ4n) is 2.84. The van der Waals surface area contributed by atoms with Crippen molar-refractivity contribution in [2.24, 2.45) is 0 Å². The molecule has 1 saturated heterocycles. The molecule has 5 nitrogen and oxygen atoms in total. The fraction of sp³-hybridized carbons (Fsp3) is 0.600. The van der Waals surface area contributed by atoms with E-state index in [2.05, 4.69) is 37.8 Å². The van der Waals surface area contributed by atoms with Gasteiger partial charge in [0.15, 0.2) is 0 Å². The number of likely N-dealkylation sites (tertiary alicyclic amines) is 1.